The van der Waals surface area contributed by atoms with Crippen LogP contribution in [0.1, 0.15) is 30.2 Å². The first-order valence-corrected chi connectivity index (χ1v) is 5.04. The Morgan fingerprint density at radius 1 is 1.54 bits per heavy atom. The molecule has 0 saturated heterocycles. The number of aromatic nitrogens is 1. The van der Waals surface area contributed by atoms with Crippen LogP contribution in [0.4, 0.5) is 5.82 Å². The first-order valence-electron chi connectivity index (χ1n) is 5.04. The number of pyridine rings is 1. The van der Waals surface area contributed by atoms with Gasteiger partial charge in [-0.15, -0.1) is 0 Å². The molecule has 1 aromatic rings. The second-order valence-corrected chi connectivity index (χ2v) is 3.62. The Bertz CT molecular complexity index is 318. The summed E-state index contributed by atoms with van der Waals surface area (Å²) in [6.45, 7) is 5.35. The Kier molecular flexibility index (Phi) is 2.21. The lowest BCUT2D eigenvalue weighted by Gasteiger charge is -2.18. The molecule has 2 rings (SSSR count). The molecule has 0 amide bonds. The highest BCUT2D eigenvalue weighted by Gasteiger charge is 2.11. The lowest BCUT2D eigenvalue weighted by molar-refractivity contribution is 0.809. The molecule has 0 fully saturated rings. The Morgan fingerprint density at radius 3 is 3.15 bits per heavy atom. The van der Waals surface area contributed by atoms with E-state index in [1.54, 1.807) is 0 Å². The highest BCUT2D eigenvalue weighted by atomic mass is 15.0. The minimum Gasteiger partial charge on any atom is -0.370 e. The van der Waals surface area contributed by atoms with Crippen LogP contribution >= 0.6 is 0 Å². The number of nitrogens with zero attached hydrogens (tertiary/aromatic N) is 1. The van der Waals surface area contributed by atoms with Crippen molar-refractivity contribution in [3.8, 4) is 0 Å². The summed E-state index contributed by atoms with van der Waals surface area (Å²) in [6, 6.07) is 2.31. The first-order chi connectivity index (χ1) is 6.31. The van der Waals surface area contributed by atoms with E-state index >= 15 is 0 Å². The van der Waals surface area contributed by atoms with E-state index in [1.807, 2.05) is 0 Å². The number of fused-ring (bicyclic) bond motifs is 1. The summed E-state index contributed by atoms with van der Waals surface area (Å²) in [5.74, 6) is 1.11. The maximum Gasteiger partial charge on any atom is 0.129 e. The summed E-state index contributed by atoms with van der Waals surface area (Å²) in [6.07, 6.45) is 3.51. The van der Waals surface area contributed by atoms with Gasteiger partial charge in [0, 0.05) is 12.2 Å². The SMILES string of the molecule is CCc1cc2c(nc1C)NCCC2. The van der Waals surface area contributed by atoms with Crippen molar-refractivity contribution in [3.63, 3.8) is 0 Å². The molecule has 0 unspecified atom stereocenters. The lowest BCUT2D eigenvalue weighted by Crippen LogP contribution is -2.14. The molecule has 1 N–H and O–H groups in total. The van der Waals surface area contributed by atoms with Crippen LogP contribution in [-0.4, -0.2) is 11.5 Å². The van der Waals surface area contributed by atoms with E-state index in [0.717, 1.165) is 18.8 Å². The van der Waals surface area contributed by atoms with Gasteiger partial charge in [0.25, 0.3) is 0 Å². The monoisotopic (exact) mass is 176 g/mol. The minimum atomic E-state index is 1.07. The predicted molar refractivity (Wildman–Crippen MR) is 55.2 cm³/mol. The summed E-state index contributed by atoms with van der Waals surface area (Å²) in [4.78, 5) is 4.57. The molecule has 1 aliphatic rings. The van der Waals surface area contributed by atoms with Gasteiger partial charge in [-0.3, -0.25) is 0 Å². The van der Waals surface area contributed by atoms with Gasteiger partial charge in [-0.05, 0) is 37.3 Å². The Labute approximate surface area is 79.4 Å². The first kappa shape index (κ1) is 8.54. The third kappa shape index (κ3) is 1.53. The molecule has 13 heavy (non-hydrogen) atoms. The van der Waals surface area contributed by atoms with E-state index in [1.165, 1.54) is 29.7 Å². The van der Waals surface area contributed by atoms with Crippen LogP contribution in [-0.2, 0) is 12.8 Å². The summed E-state index contributed by atoms with van der Waals surface area (Å²) in [5, 5.41) is 3.34. The van der Waals surface area contributed by atoms with Crippen molar-refractivity contribution >= 4 is 5.82 Å². The van der Waals surface area contributed by atoms with Gasteiger partial charge < -0.3 is 5.32 Å². The zero-order valence-corrected chi connectivity index (χ0v) is 8.35. The van der Waals surface area contributed by atoms with Crippen LogP contribution in [0.15, 0.2) is 6.07 Å². The van der Waals surface area contributed by atoms with Crippen LogP contribution in [0.25, 0.3) is 0 Å². The third-order valence-corrected chi connectivity index (χ3v) is 2.69. The molecule has 70 valence electrons. The maximum atomic E-state index is 4.57. The van der Waals surface area contributed by atoms with Gasteiger partial charge in [0.05, 0.1) is 0 Å². The molecular weight excluding hydrogens is 160 g/mol. The zero-order chi connectivity index (χ0) is 9.26. The minimum absolute atomic E-state index is 1.07. The van der Waals surface area contributed by atoms with Crippen LogP contribution in [0, 0.1) is 6.92 Å². The van der Waals surface area contributed by atoms with E-state index in [-0.39, 0.29) is 0 Å². The van der Waals surface area contributed by atoms with Crippen LogP contribution in [0.3, 0.4) is 0 Å². The van der Waals surface area contributed by atoms with Gasteiger partial charge >= 0.3 is 0 Å². The molecule has 1 aliphatic heterocycles. The molecule has 0 atom stereocenters. The number of hydrogen-bond donors (Lipinski definition) is 1. The highest BCUT2D eigenvalue weighted by molar-refractivity contribution is 5.49. The second kappa shape index (κ2) is 3.36. The van der Waals surface area contributed by atoms with Crippen LogP contribution < -0.4 is 5.32 Å². The van der Waals surface area contributed by atoms with Crippen molar-refractivity contribution in [3.05, 3.63) is 22.9 Å². The molecule has 0 spiro atoms. The van der Waals surface area contributed by atoms with Gasteiger partial charge in [-0.25, -0.2) is 4.98 Å². The molecule has 1 aromatic heterocycles. The molecule has 2 nitrogen and oxygen atoms in total. The molecule has 0 saturated carbocycles. The maximum absolute atomic E-state index is 4.57. The van der Waals surface area contributed by atoms with Gasteiger partial charge in [0.2, 0.25) is 0 Å². The molecule has 0 aliphatic carbocycles. The molecule has 0 aromatic carbocycles. The molecule has 0 bridgehead atoms. The Hall–Kier alpha value is -1.05. The average molecular weight is 176 g/mol. The van der Waals surface area contributed by atoms with Gasteiger partial charge in [0.15, 0.2) is 0 Å². The standard InChI is InChI=1S/C11H16N2/c1-3-9-7-10-5-4-6-12-11(10)13-8(9)2/h7H,3-6H2,1-2H3,(H,12,13). The Morgan fingerprint density at radius 2 is 2.38 bits per heavy atom. The number of hydrogen-bond acceptors (Lipinski definition) is 2. The second-order valence-electron chi connectivity index (χ2n) is 3.62. The third-order valence-electron chi connectivity index (χ3n) is 2.69. The number of rotatable bonds is 1. The summed E-state index contributed by atoms with van der Waals surface area (Å²) >= 11 is 0. The zero-order valence-electron chi connectivity index (χ0n) is 8.35. The fourth-order valence-corrected chi connectivity index (χ4v) is 1.88. The fraction of sp³-hybridized carbons (Fsp3) is 0.545. The van der Waals surface area contributed by atoms with E-state index in [0.29, 0.717) is 0 Å². The largest absolute Gasteiger partial charge is 0.370 e. The Balaban J connectivity index is 2.44. The molecule has 2 heterocycles. The summed E-state index contributed by atoms with van der Waals surface area (Å²) in [7, 11) is 0. The van der Waals surface area contributed by atoms with E-state index in [9.17, 15) is 0 Å². The molecule has 2 heteroatoms. The van der Waals surface area contributed by atoms with Crippen molar-refractivity contribution < 1.29 is 0 Å². The van der Waals surface area contributed by atoms with E-state index in [2.05, 4.69) is 30.2 Å². The van der Waals surface area contributed by atoms with Gasteiger partial charge in [-0.2, -0.15) is 0 Å². The highest BCUT2D eigenvalue weighted by Crippen LogP contribution is 2.22. The predicted octanol–water partition coefficient (Wildman–Crippen LogP) is 2.31. The average Bonchev–Trinajstić information content (AvgIpc) is 2.17. The number of anilines is 1. The fourth-order valence-electron chi connectivity index (χ4n) is 1.88. The van der Waals surface area contributed by atoms with Crippen LogP contribution in [0.5, 0.6) is 0 Å². The normalized spacial score (nSPS) is 14.9. The molecular formula is C11H16N2. The number of aryl methyl sites for hydroxylation is 3. The van der Waals surface area contributed by atoms with E-state index in [4.69, 9.17) is 0 Å². The van der Waals surface area contributed by atoms with Crippen molar-refractivity contribution in [2.24, 2.45) is 0 Å². The summed E-state index contributed by atoms with van der Waals surface area (Å²) in [5.41, 5.74) is 3.96. The summed E-state index contributed by atoms with van der Waals surface area (Å²) < 4.78 is 0. The van der Waals surface area contributed by atoms with Crippen molar-refractivity contribution in [1.82, 2.24) is 4.98 Å². The van der Waals surface area contributed by atoms with Crippen molar-refractivity contribution in [2.75, 3.05) is 11.9 Å². The van der Waals surface area contributed by atoms with Crippen LogP contribution in [0.2, 0.25) is 0 Å². The van der Waals surface area contributed by atoms with E-state index < -0.39 is 0 Å². The quantitative estimate of drug-likeness (QED) is 0.710. The number of nitrogens with one attached hydrogen (secondary N) is 1. The van der Waals surface area contributed by atoms with Gasteiger partial charge in [0.1, 0.15) is 5.82 Å². The van der Waals surface area contributed by atoms with Crippen molar-refractivity contribution in [2.45, 2.75) is 33.1 Å². The molecule has 0 radical (unpaired) electrons. The van der Waals surface area contributed by atoms with Gasteiger partial charge in [-0.1, -0.05) is 13.0 Å². The topological polar surface area (TPSA) is 24.9 Å². The lowest BCUT2D eigenvalue weighted by atomic mass is 10.0. The van der Waals surface area contributed by atoms with Crippen molar-refractivity contribution in [1.29, 1.82) is 0 Å². The smallest absolute Gasteiger partial charge is 0.129 e.